The average molecular weight is 227 g/mol. The fourth-order valence-corrected chi connectivity index (χ4v) is 2.21. The average Bonchev–Trinajstić information content (AvgIpc) is 2.86. The van der Waals surface area contributed by atoms with E-state index in [1.807, 2.05) is 12.4 Å². The lowest BCUT2D eigenvalue weighted by atomic mass is 9.98. The molecule has 12 heavy (non-hydrogen) atoms. The van der Waals surface area contributed by atoms with Crippen molar-refractivity contribution in [3.63, 3.8) is 0 Å². The Kier molecular flexibility index (Phi) is 1.93. The maximum atomic E-state index is 5.73. The number of rotatable bonds is 2. The Morgan fingerprint density at radius 3 is 2.83 bits per heavy atom. The van der Waals surface area contributed by atoms with Gasteiger partial charge in [0.25, 0.3) is 0 Å². The topological polar surface area (TPSA) is 38.9 Å². The lowest BCUT2D eigenvalue weighted by Gasteiger charge is -2.13. The molecule has 0 radical (unpaired) electrons. The summed E-state index contributed by atoms with van der Waals surface area (Å²) in [4.78, 5) is 4.03. The lowest BCUT2D eigenvalue weighted by Crippen LogP contribution is -2.20. The molecule has 0 spiro atoms. The Balaban J connectivity index is 2.40. The molecular weight excluding hydrogens is 216 g/mol. The van der Waals surface area contributed by atoms with Crippen molar-refractivity contribution in [2.45, 2.75) is 18.3 Å². The molecule has 0 amide bonds. The molecule has 2 nitrogen and oxygen atoms in total. The third-order valence-corrected chi connectivity index (χ3v) is 3.22. The van der Waals surface area contributed by atoms with Gasteiger partial charge in [-0.15, -0.1) is 0 Å². The zero-order valence-corrected chi connectivity index (χ0v) is 8.34. The van der Waals surface area contributed by atoms with E-state index in [9.17, 15) is 0 Å². The Morgan fingerprint density at radius 1 is 1.58 bits per heavy atom. The van der Waals surface area contributed by atoms with Crippen molar-refractivity contribution in [3.8, 4) is 0 Å². The highest BCUT2D eigenvalue weighted by atomic mass is 79.9. The summed E-state index contributed by atoms with van der Waals surface area (Å²) in [6.07, 6.45) is 6.10. The molecule has 64 valence electrons. The number of halogens is 1. The Labute approximate surface area is 80.3 Å². The molecule has 0 atom stereocenters. The van der Waals surface area contributed by atoms with Crippen LogP contribution in [-0.2, 0) is 5.41 Å². The van der Waals surface area contributed by atoms with Gasteiger partial charge in [0.1, 0.15) is 0 Å². The summed E-state index contributed by atoms with van der Waals surface area (Å²) in [5, 5.41) is 0. The van der Waals surface area contributed by atoms with E-state index in [1.54, 1.807) is 0 Å². The summed E-state index contributed by atoms with van der Waals surface area (Å²) < 4.78 is 1.09. The van der Waals surface area contributed by atoms with Crippen molar-refractivity contribution in [2.75, 3.05) is 6.54 Å². The van der Waals surface area contributed by atoms with Gasteiger partial charge in [-0.05, 0) is 40.4 Å². The molecule has 0 saturated heterocycles. The first-order valence-electron chi connectivity index (χ1n) is 4.08. The van der Waals surface area contributed by atoms with Crippen molar-refractivity contribution in [1.82, 2.24) is 4.98 Å². The zero-order valence-electron chi connectivity index (χ0n) is 6.76. The van der Waals surface area contributed by atoms with Crippen molar-refractivity contribution in [2.24, 2.45) is 5.73 Å². The highest BCUT2D eigenvalue weighted by Gasteiger charge is 2.43. The first-order chi connectivity index (χ1) is 5.78. The van der Waals surface area contributed by atoms with Gasteiger partial charge >= 0.3 is 0 Å². The van der Waals surface area contributed by atoms with Crippen LogP contribution in [0.2, 0.25) is 0 Å². The number of hydrogen-bond acceptors (Lipinski definition) is 2. The summed E-state index contributed by atoms with van der Waals surface area (Å²) >= 11 is 3.49. The van der Waals surface area contributed by atoms with Crippen LogP contribution in [0.3, 0.4) is 0 Å². The summed E-state index contributed by atoms with van der Waals surface area (Å²) in [5.74, 6) is 0. The van der Waals surface area contributed by atoms with Gasteiger partial charge in [0.05, 0.1) is 0 Å². The molecule has 1 aliphatic rings. The molecule has 1 saturated carbocycles. The first-order valence-corrected chi connectivity index (χ1v) is 4.88. The number of hydrogen-bond donors (Lipinski definition) is 1. The maximum Gasteiger partial charge on any atom is 0.0413 e. The predicted octanol–water partition coefficient (Wildman–Crippen LogP) is 1.83. The molecule has 2 rings (SSSR count). The molecule has 0 aliphatic heterocycles. The standard InChI is InChI=1S/C9H11BrN2/c10-8-5-12-4-1-7(8)9(6-11)2-3-9/h1,4-5H,2-3,6,11H2. The summed E-state index contributed by atoms with van der Waals surface area (Å²) in [6.45, 7) is 0.746. The van der Waals surface area contributed by atoms with Crippen LogP contribution in [0.15, 0.2) is 22.9 Å². The second kappa shape index (κ2) is 2.82. The molecule has 0 bridgehead atoms. The van der Waals surface area contributed by atoms with E-state index in [0.717, 1.165) is 11.0 Å². The van der Waals surface area contributed by atoms with Gasteiger partial charge in [0.15, 0.2) is 0 Å². The van der Waals surface area contributed by atoms with Crippen LogP contribution in [0.25, 0.3) is 0 Å². The van der Waals surface area contributed by atoms with E-state index >= 15 is 0 Å². The Morgan fingerprint density at radius 2 is 2.33 bits per heavy atom. The van der Waals surface area contributed by atoms with Gasteiger partial charge in [-0.3, -0.25) is 4.98 Å². The quantitative estimate of drug-likeness (QED) is 0.837. The summed E-state index contributed by atoms with van der Waals surface area (Å²) in [5.41, 5.74) is 7.31. The summed E-state index contributed by atoms with van der Waals surface area (Å²) in [6, 6.07) is 2.06. The molecule has 0 aromatic carbocycles. The fourth-order valence-electron chi connectivity index (χ4n) is 1.54. The van der Waals surface area contributed by atoms with E-state index < -0.39 is 0 Å². The van der Waals surface area contributed by atoms with Crippen LogP contribution < -0.4 is 5.73 Å². The second-order valence-corrected chi connectivity index (χ2v) is 4.19. The van der Waals surface area contributed by atoms with Gasteiger partial charge in [0.2, 0.25) is 0 Å². The lowest BCUT2D eigenvalue weighted by molar-refractivity contribution is 0.699. The van der Waals surface area contributed by atoms with Crippen molar-refractivity contribution >= 4 is 15.9 Å². The molecule has 3 heteroatoms. The maximum absolute atomic E-state index is 5.73. The SMILES string of the molecule is NCC1(c2ccncc2Br)CC1. The van der Waals surface area contributed by atoms with Crippen LogP contribution >= 0.6 is 15.9 Å². The van der Waals surface area contributed by atoms with Crippen LogP contribution in [-0.4, -0.2) is 11.5 Å². The molecular formula is C9H11BrN2. The normalized spacial score (nSPS) is 19.2. The minimum absolute atomic E-state index is 0.266. The smallest absolute Gasteiger partial charge is 0.0413 e. The van der Waals surface area contributed by atoms with Crippen LogP contribution in [0.5, 0.6) is 0 Å². The number of aromatic nitrogens is 1. The van der Waals surface area contributed by atoms with Gasteiger partial charge in [-0.2, -0.15) is 0 Å². The molecule has 1 aliphatic carbocycles. The van der Waals surface area contributed by atoms with E-state index in [4.69, 9.17) is 5.73 Å². The molecule has 1 fully saturated rings. The number of pyridine rings is 1. The third-order valence-electron chi connectivity index (χ3n) is 2.59. The second-order valence-electron chi connectivity index (χ2n) is 3.34. The van der Waals surface area contributed by atoms with E-state index in [1.165, 1.54) is 18.4 Å². The Bertz CT molecular complexity index is 294. The van der Waals surface area contributed by atoms with Gasteiger partial charge < -0.3 is 5.73 Å². The zero-order chi connectivity index (χ0) is 8.60. The van der Waals surface area contributed by atoms with Crippen molar-refractivity contribution in [3.05, 3.63) is 28.5 Å². The first kappa shape index (κ1) is 8.20. The highest BCUT2D eigenvalue weighted by molar-refractivity contribution is 9.10. The minimum atomic E-state index is 0.266. The predicted molar refractivity (Wildman–Crippen MR) is 51.9 cm³/mol. The summed E-state index contributed by atoms with van der Waals surface area (Å²) in [7, 11) is 0. The fraction of sp³-hybridized carbons (Fsp3) is 0.444. The van der Waals surface area contributed by atoms with Gasteiger partial charge in [-0.25, -0.2) is 0 Å². The highest BCUT2D eigenvalue weighted by Crippen LogP contribution is 2.49. The molecule has 1 aromatic heterocycles. The van der Waals surface area contributed by atoms with Crippen LogP contribution in [0.1, 0.15) is 18.4 Å². The van der Waals surface area contributed by atoms with Crippen LogP contribution in [0.4, 0.5) is 0 Å². The van der Waals surface area contributed by atoms with E-state index in [2.05, 4.69) is 27.0 Å². The molecule has 0 unspecified atom stereocenters. The van der Waals surface area contributed by atoms with E-state index in [0.29, 0.717) is 0 Å². The number of nitrogens with zero attached hydrogens (tertiary/aromatic N) is 1. The largest absolute Gasteiger partial charge is 0.330 e. The van der Waals surface area contributed by atoms with Gasteiger partial charge in [0, 0.05) is 28.8 Å². The monoisotopic (exact) mass is 226 g/mol. The van der Waals surface area contributed by atoms with Crippen LogP contribution in [0, 0.1) is 0 Å². The number of nitrogens with two attached hydrogens (primary N) is 1. The van der Waals surface area contributed by atoms with Crippen molar-refractivity contribution in [1.29, 1.82) is 0 Å². The van der Waals surface area contributed by atoms with Crippen molar-refractivity contribution < 1.29 is 0 Å². The molecule has 2 N–H and O–H groups in total. The Hall–Kier alpha value is -0.410. The molecule has 1 heterocycles. The van der Waals surface area contributed by atoms with Gasteiger partial charge in [-0.1, -0.05) is 0 Å². The third kappa shape index (κ3) is 1.17. The van der Waals surface area contributed by atoms with E-state index in [-0.39, 0.29) is 5.41 Å². The minimum Gasteiger partial charge on any atom is -0.330 e. The molecule has 1 aromatic rings.